The molecule has 0 saturated carbocycles. The Morgan fingerprint density at radius 3 is 2.68 bits per heavy atom. The number of benzene rings is 1. The van der Waals surface area contributed by atoms with Crippen molar-refractivity contribution < 1.29 is 18.7 Å². The van der Waals surface area contributed by atoms with Gasteiger partial charge in [0.05, 0.1) is 26.0 Å². The lowest BCUT2D eigenvalue weighted by Crippen LogP contribution is -2.38. The molecule has 6 nitrogen and oxygen atoms in total. The van der Waals surface area contributed by atoms with Crippen LogP contribution in [0.3, 0.4) is 0 Å². The number of rotatable bonds is 6. The fourth-order valence-electron chi connectivity index (χ4n) is 2.05. The van der Waals surface area contributed by atoms with Gasteiger partial charge in [0, 0.05) is 5.56 Å². The van der Waals surface area contributed by atoms with Gasteiger partial charge >= 0.3 is 0 Å². The molecule has 6 heteroatoms. The predicted molar refractivity (Wildman–Crippen MR) is 80.6 cm³/mol. The average molecular weight is 302 g/mol. The minimum absolute atomic E-state index is 0.126. The maximum absolute atomic E-state index is 11.9. The van der Waals surface area contributed by atoms with Crippen LogP contribution in [0.1, 0.15) is 29.1 Å². The number of ether oxygens (including phenoxy) is 1. The summed E-state index contributed by atoms with van der Waals surface area (Å²) < 4.78 is 10.2. The zero-order valence-electron chi connectivity index (χ0n) is 12.5. The summed E-state index contributed by atoms with van der Waals surface area (Å²) in [6, 6.07) is 10.4. The second-order valence-electron chi connectivity index (χ2n) is 4.69. The van der Waals surface area contributed by atoms with E-state index in [1.54, 1.807) is 13.2 Å². The van der Waals surface area contributed by atoms with Crippen molar-refractivity contribution in [2.45, 2.75) is 13.0 Å². The van der Waals surface area contributed by atoms with Crippen molar-refractivity contribution in [1.29, 1.82) is 0 Å². The highest BCUT2D eigenvalue weighted by atomic mass is 16.5. The van der Waals surface area contributed by atoms with E-state index in [-0.39, 0.29) is 24.3 Å². The summed E-state index contributed by atoms with van der Waals surface area (Å²) in [7, 11) is 1.58. The van der Waals surface area contributed by atoms with Gasteiger partial charge in [0.1, 0.15) is 5.75 Å². The third-order valence-electron chi connectivity index (χ3n) is 3.14. The first kappa shape index (κ1) is 15.6. The second-order valence-corrected chi connectivity index (χ2v) is 4.69. The van der Waals surface area contributed by atoms with Gasteiger partial charge in [-0.2, -0.15) is 0 Å². The Morgan fingerprint density at radius 1 is 1.23 bits per heavy atom. The van der Waals surface area contributed by atoms with Crippen LogP contribution in [-0.4, -0.2) is 25.5 Å². The van der Waals surface area contributed by atoms with E-state index in [0.717, 1.165) is 5.56 Å². The molecule has 2 rings (SSSR count). The van der Waals surface area contributed by atoms with Crippen molar-refractivity contribution in [1.82, 2.24) is 10.6 Å². The van der Waals surface area contributed by atoms with Crippen molar-refractivity contribution >= 4 is 11.8 Å². The monoisotopic (exact) mass is 302 g/mol. The molecule has 1 heterocycles. The third-order valence-corrected chi connectivity index (χ3v) is 3.14. The SMILES string of the molecule is COc1ccccc1C(C)NC(=O)CNC(=O)c1ccco1. The van der Waals surface area contributed by atoms with Crippen molar-refractivity contribution in [3.05, 3.63) is 54.0 Å². The van der Waals surface area contributed by atoms with E-state index in [0.29, 0.717) is 5.75 Å². The lowest BCUT2D eigenvalue weighted by atomic mass is 10.1. The first-order chi connectivity index (χ1) is 10.6. The molecule has 1 aromatic carbocycles. The molecule has 116 valence electrons. The van der Waals surface area contributed by atoms with Crippen LogP contribution in [0.4, 0.5) is 0 Å². The zero-order chi connectivity index (χ0) is 15.9. The fraction of sp³-hybridized carbons (Fsp3) is 0.250. The molecule has 0 aliphatic carbocycles. The predicted octanol–water partition coefficient (Wildman–Crippen LogP) is 1.90. The Hall–Kier alpha value is -2.76. The number of amides is 2. The van der Waals surface area contributed by atoms with Gasteiger partial charge in [-0.1, -0.05) is 18.2 Å². The molecule has 0 bridgehead atoms. The van der Waals surface area contributed by atoms with Crippen molar-refractivity contribution in [3.8, 4) is 5.75 Å². The Morgan fingerprint density at radius 2 is 2.00 bits per heavy atom. The largest absolute Gasteiger partial charge is 0.496 e. The van der Waals surface area contributed by atoms with Gasteiger partial charge in [0.25, 0.3) is 5.91 Å². The first-order valence-corrected chi connectivity index (χ1v) is 6.85. The lowest BCUT2D eigenvalue weighted by molar-refractivity contribution is -0.120. The van der Waals surface area contributed by atoms with Crippen LogP contribution in [-0.2, 0) is 4.79 Å². The maximum Gasteiger partial charge on any atom is 0.287 e. The number of hydrogen-bond acceptors (Lipinski definition) is 4. The number of hydrogen-bond donors (Lipinski definition) is 2. The number of carbonyl (C=O) groups is 2. The van der Waals surface area contributed by atoms with Crippen LogP contribution in [0.15, 0.2) is 47.1 Å². The second kappa shape index (κ2) is 7.31. The number of para-hydroxylation sites is 1. The molecule has 1 unspecified atom stereocenters. The van der Waals surface area contributed by atoms with Crippen molar-refractivity contribution in [3.63, 3.8) is 0 Å². The van der Waals surface area contributed by atoms with E-state index in [2.05, 4.69) is 10.6 Å². The molecule has 0 spiro atoms. The van der Waals surface area contributed by atoms with Crippen LogP contribution in [0.2, 0.25) is 0 Å². The van der Waals surface area contributed by atoms with E-state index in [1.807, 2.05) is 31.2 Å². The molecule has 22 heavy (non-hydrogen) atoms. The van der Waals surface area contributed by atoms with Crippen LogP contribution < -0.4 is 15.4 Å². The molecule has 2 amide bonds. The molecule has 0 aliphatic rings. The lowest BCUT2D eigenvalue weighted by Gasteiger charge is -2.17. The molecule has 1 aromatic heterocycles. The molecule has 0 saturated heterocycles. The van der Waals surface area contributed by atoms with E-state index in [1.165, 1.54) is 12.3 Å². The van der Waals surface area contributed by atoms with Crippen LogP contribution in [0, 0.1) is 0 Å². The maximum atomic E-state index is 11.9. The van der Waals surface area contributed by atoms with Gasteiger partial charge < -0.3 is 19.8 Å². The summed E-state index contributed by atoms with van der Waals surface area (Å²) in [5.74, 6) is 0.156. The van der Waals surface area contributed by atoms with Gasteiger partial charge in [0.2, 0.25) is 5.91 Å². The Labute approximate surface area is 128 Å². The highest BCUT2D eigenvalue weighted by Gasteiger charge is 2.15. The standard InChI is InChI=1S/C16H18N2O4/c1-11(12-6-3-4-7-13(12)21-2)18-15(19)10-17-16(20)14-8-5-9-22-14/h3-9,11H,10H2,1-2H3,(H,17,20)(H,18,19). The highest BCUT2D eigenvalue weighted by molar-refractivity contribution is 5.94. The van der Waals surface area contributed by atoms with E-state index in [4.69, 9.17) is 9.15 Å². The number of nitrogens with one attached hydrogen (secondary N) is 2. The van der Waals surface area contributed by atoms with Gasteiger partial charge in [-0.15, -0.1) is 0 Å². The first-order valence-electron chi connectivity index (χ1n) is 6.85. The summed E-state index contributed by atoms with van der Waals surface area (Å²) in [6.07, 6.45) is 1.40. The molecule has 0 fully saturated rings. The minimum Gasteiger partial charge on any atom is -0.496 e. The zero-order valence-corrected chi connectivity index (χ0v) is 12.5. The Balaban J connectivity index is 1.87. The topological polar surface area (TPSA) is 80.6 Å². The summed E-state index contributed by atoms with van der Waals surface area (Å²) >= 11 is 0. The number of furan rings is 1. The van der Waals surface area contributed by atoms with Crippen LogP contribution in [0.25, 0.3) is 0 Å². The number of methoxy groups -OCH3 is 1. The fourth-order valence-corrected chi connectivity index (χ4v) is 2.05. The normalized spacial score (nSPS) is 11.5. The average Bonchev–Trinajstić information content (AvgIpc) is 3.07. The smallest absolute Gasteiger partial charge is 0.287 e. The van der Waals surface area contributed by atoms with Gasteiger partial charge in [-0.3, -0.25) is 9.59 Å². The number of carbonyl (C=O) groups excluding carboxylic acids is 2. The van der Waals surface area contributed by atoms with Crippen LogP contribution >= 0.6 is 0 Å². The van der Waals surface area contributed by atoms with E-state index >= 15 is 0 Å². The third kappa shape index (κ3) is 3.88. The summed E-state index contributed by atoms with van der Waals surface area (Å²) in [6.45, 7) is 1.73. The van der Waals surface area contributed by atoms with Gasteiger partial charge in [0.15, 0.2) is 5.76 Å². The van der Waals surface area contributed by atoms with Crippen molar-refractivity contribution in [2.24, 2.45) is 0 Å². The summed E-state index contributed by atoms with van der Waals surface area (Å²) in [5, 5.41) is 5.30. The molecule has 2 N–H and O–H groups in total. The van der Waals surface area contributed by atoms with Crippen molar-refractivity contribution in [2.75, 3.05) is 13.7 Å². The molecule has 1 atom stereocenters. The molecule has 2 aromatic rings. The molecular weight excluding hydrogens is 284 g/mol. The Bertz CT molecular complexity index is 637. The molecule has 0 aliphatic heterocycles. The summed E-state index contributed by atoms with van der Waals surface area (Å²) in [5.41, 5.74) is 0.871. The highest BCUT2D eigenvalue weighted by Crippen LogP contribution is 2.23. The Kier molecular flexibility index (Phi) is 5.19. The van der Waals surface area contributed by atoms with Crippen LogP contribution in [0.5, 0.6) is 5.75 Å². The summed E-state index contributed by atoms with van der Waals surface area (Å²) in [4.78, 5) is 23.6. The van der Waals surface area contributed by atoms with Gasteiger partial charge in [-0.05, 0) is 25.1 Å². The quantitative estimate of drug-likeness (QED) is 0.854. The molecular formula is C16H18N2O4. The van der Waals surface area contributed by atoms with E-state index < -0.39 is 5.91 Å². The molecule has 0 radical (unpaired) electrons. The van der Waals surface area contributed by atoms with E-state index in [9.17, 15) is 9.59 Å². The van der Waals surface area contributed by atoms with Gasteiger partial charge in [-0.25, -0.2) is 0 Å². The minimum atomic E-state index is -0.426.